The maximum absolute atomic E-state index is 13.2. The van der Waals surface area contributed by atoms with Crippen LogP contribution in [0.1, 0.15) is 37.0 Å². The molecule has 1 rings (SSSR count). The van der Waals surface area contributed by atoms with Crippen LogP contribution in [0, 0.1) is 5.82 Å². The monoisotopic (exact) mass is 241 g/mol. The van der Waals surface area contributed by atoms with Crippen LogP contribution in [0.4, 0.5) is 10.1 Å². The number of aromatic carboxylic acids is 1. The van der Waals surface area contributed by atoms with Crippen molar-refractivity contribution in [3.63, 3.8) is 0 Å². The van der Waals surface area contributed by atoms with E-state index in [1.807, 2.05) is 13.8 Å². The molecule has 0 bridgehead atoms. The third-order valence-corrected chi connectivity index (χ3v) is 2.39. The molecule has 1 atom stereocenters. The predicted molar refractivity (Wildman–Crippen MR) is 62.8 cm³/mol. The van der Waals surface area contributed by atoms with Crippen molar-refractivity contribution in [2.24, 2.45) is 0 Å². The summed E-state index contributed by atoms with van der Waals surface area (Å²) in [5, 5.41) is 8.99. The highest BCUT2D eigenvalue weighted by molar-refractivity contribution is 5.96. The number of hydrogen-bond acceptors (Lipinski definition) is 3. The Kier molecular flexibility index (Phi) is 4.31. The molecular formula is C12H16FNO3. The van der Waals surface area contributed by atoms with Gasteiger partial charge in [0.2, 0.25) is 0 Å². The van der Waals surface area contributed by atoms with Crippen molar-refractivity contribution >= 4 is 11.7 Å². The molecule has 0 aliphatic carbocycles. The number of nitrogens with two attached hydrogens (primary N) is 1. The summed E-state index contributed by atoms with van der Waals surface area (Å²) in [6.45, 7) is 3.83. The lowest BCUT2D eigenvalue weighted by atomic mass is 10.1. The molecule has 94 valence electrons. The fraction of sp³-hybridized carbons (Fsp3) is 0.417. The quantitative estimate of drug-likeness (QED) is 0.777. The van der Waals surface area contributed by atoms with Gasteiger partial charge >= 0.3 is 5.97 Å². The van der Waals surface area contributed by atoms with Crippen molar-refractivity contribution in [3.05, 3.63) is 23.5 Å². The Bertz CT molecular complexity index is 420. The van der Waals surface area contributed by atoms with Crippen molar-refractivity contribution in [2.45, 2.75) is 32.8 Å². The number of rotatable bonds is 5. The van der Waals surface area contributed by atoms with Crippen LogP contribution in [0.25, 0.3) is 0 Å². The van der Waals surface area contributed by atoms with Crippen molar-refractivity contribution in [2.75, 3.05) is 5.73 Å². The van der Waals surface area contributed by atoms with Gasteiger partial charge in [-0.05, 0) is 25.5 Å². The number of carboxylic acids is 1. The molecule has 17 heavy (non-hydrogen) atoms. The molecular weight excluding hydrogens is 225 g/mol. The predicted octanol–water partition coefficient (Wildman–Crippen LogP) is 2.67. The van der Waals surface area contributed by atoms with Gasteiger partial charge in [-0.3, -0.25) is 0 Å². The normalized spacial score (nSPS) is 12.2. The molecule has 1 unspecified atom stereocenters. The van der Waals surface area contributed by atoms with Crippen LogP contribution >= 0.6 is 0 Å². The van der Waals surface area contributed by atoms with E-state index in [0.29, 0.717) is 0 Å². The van der Waals surface area contributed by atoms with Gasteiger partial charge in [0.1, 0.15) is 17.1 Å². The highest BCUT2D eigenvalue weighted by Crippen LogP contribution is 2.28. The van der Waals surface area contributed by atoms with E-state index in [-0.39, 0.29) is 17.4 Å². The smallest absolute Gasteiger partial charge is 0.341 e. The third kappa shape index (κ3) is 3.09. The molecule has 0 spiro atoms. The lowest BCUT2D eigenvalue weighted by Crippen LogP contribution is -2.15. The number of halogens is 1. The van der Waals surface area contributed by atoms with Crippen LogP contribution < -0.4 is 10.5 Å². The van der Waals surface area contributed by atoms with E-state index >= 15 is 0 Å². The van der Waals surface area contributed by atoms with Crippen LogP contribution in [0.3, 0.4) is 0 Å². The molecule has 0 saturated heterocycles. The number of benzene rings is 1. The SMILES string of the molecule is CCCC(C)Oc1ccc(F)c(N)c1C(=O)O. The zero-order chi connectivity index (χ0) is 13.0. The standard InChI is InChI=1S/C12H16FNO3/c1-3-4-7(2)17-9-6-5-8(13)11(14)10(9)12(15)16/h5-7H,3-4,14H2,1-2H3,(H,15,16). The van der Waals surface area contributed by atoms with E-state index in [1.54, 1.807) is 0 Å². The molecule has 0 heterocycles. The van der Waals surface area contributed by atoms with Crippen LogP contribution in [0.2, 0.25) is 0 Å². The fourth-order valence-corrected chi connectivity index (χ4v) is 1.58. The van der Waals surface area contributed by atoms with Gasteiger partial charge in [-0.1, -0.05) is 13.3 Å². The molecule has 0 saturated carbocycles. The van der Waals surface area contributed by atoms with Gasteiger partial charge in [-0.15, -0.1) is 0 Å². The van der Waals surface area contributed by atoms with E-state index in [0.717, 1.165) is 18.9 Å². The lowest BCUT2D eigenvalue weighted by Gasteiger charge is -2.16. The second-order valence-corrected chi connectivity index (χ2v) is 3.86. The third-order valence-electron chi connectivity index (χ3n) is 2.39. The summed E-state index contributed by atoms with van der Waals surface area (Å²) in [4.78, 5) is 11.0. The number of anilines is 1. The van der Waals surface area contributed by atoms with E-state index in [9.17, 15) is 9.18 Å². The van der Waals surface area contributed by atoms with Crippen molar-refractivity contribution in [3.8, 4) is 5.75 Å². The molecule has 0 amide bonds. The molecule has 4 nitrogen and oxygen atoms in total. The highest BCUT2D eigenvalue weighted by atomic mass is 19.1. The van der Waals surface area contributed by atoms with Crippen molar-refractivity contribution in [1.29, 1.82) is 0 Å². The van der Waals surface area contributed by atoms with Crippen LogP contribution in [-0.2, 0) is 0 Å². The maximum atomic E-state index is 13.2. The average Bonchev–Trinajstić information content (AvgIpc) is 2.23. The van der Waals surface area contributed by atoms with Gasteiger partial charge in [0.05, 0.1) is 11.8 Å². The average molecular weight is 241 g/mol. The largest absolute Gasteiger partial charge is 0.490 e. The first-order chi connectivity index (χ1) is 7.97. The van der Waals surface area contributed by atoms with Gasteiger partial charge in [-0.2, -0.15) is 0 Å². The number of carbonyl (C=O) groups is 1. The van der Waals surface area contributed by atoms with Crippen LogP contribution in [-0.4, -0.2) is 17.2 Å². The summed E-state index contributed by atoms with van der Waals surface area (Å²) in [5.74, 6) is -1.93. The second kappa shape index (κ2) is 5.52. The number of nitrogen functional groups attached to an aromatic ring is 1. The fourth-order valence-electron chi connectivity index (χ4n) is 1.58. The van der Waals surface area contributed by atoms with Crippen molar-refractivity contribution < 1.29 is 19.0 Å². The Labute approximate surface area is 99.2 Å². The van der Waals surface area contributed by atoms with Gasteiger partial charge in [0.15, 0.2) is 0 Å². The van der Waals surface area contributed by atoms with Crippen LogP contribution in [0.5, 0.6) is 5.75 Å². The zero-order valence-electron chi connectivity index (χ0n) is 9.87. The van der Waals surface area contributed by atoms with Gasteiger partial charge in [-0.25, -0.2) is 9.18 Å². The van der Waals surface area contributed by atoms with Gasteiger partial charge in [0.25, 0.3) is 0 Å². The van der Waals surface area contributed by atoms with Crippen molar-refractivity contribution in [1.82, 2.24) is 0 Å². The number of carboxylic acid groups (broad SMARTS) is 1. The first-order valence-electron chi connectivity index (χ1n) is 5.45. The Balaban J connectivity index is 3.07. The minimum Gasteiger partial charge on any atom is -0.490 e. The minimum absolute atomic E-state index is 0.109. The molecule has 0 aromatic heterocycles. The van der Waals surface area contributed by atoms with Crippen LogP contribution in [0.15, 0.2) is 12.1 Å². The Hall–Kier alpha value is -1.78. The lowest BCUT2D eigenvalue weighted by molar-refractivity contribution is 0.0690. The van der Waals surface area contributed by atoms with E-state index < -0.39 is 17.5 Å². The molecule has 1 aromatic rings. The topological polar surface area (TPSA) is 72.5 Å². The Morgan fingerprint density at radius 3 is 2.76 bits per heavy atom. The first kappa shape index (κ1) is 13.3. The summed E-state index contributed by atoms with van der Waals surface area (Å²) in [6, 6.07) is 2.40. The number of hydrogen-bond donors (Lipinski definition) is 2. The Morgan fingerprint density at radius 1 is 1.59 bits per heavy atom. The van der Waals surface area contributed by atoms with E-state index in [1.165, 1.54) is 6.07 Å². The second-order valence-electron chi connectivity index (χ2n) is 3.86. The van der Waals surface area contributed by atoms with E-state index in [2.05, 4.69) is 0 Å². The molecule has 0 radical (unpaired) electrons. The zero-order valence-corrected chi connectivity index (χ0v) is 9.87. The summed E-state index contributed by atoms with van der Waals surface area (Å²) in [5.41, 5.74) is 4.70. The summed E-state index contributed by atoms with van der Waals surface area (Å²) >= 11 is 0. The van der Waals surface area contributed by atoms with E-state index in [4.69, 9.17) is 15.6 Å². The Morgan fingerprint density at radius 2 is 2.24 bits per heavy atom. The highest BCUT2D eigenvalue weighted by Gasteiger charge is 2.19. The molecule has 1 aromatic carbocycles. The molecule has 0 aliphatic heterocycles. The molecule has 0 aliphatic rings. The summed E-state index contributed by atoms with van der Waals surface area (Å²) in [7, 11) is 0. The molecule has 5 heteroatoms. The van der Waals surface area contributed by atoms with Gasteiger partial charge in [0, 0.05) is 0 Å². The molecule has 0 fully saturated rings. The maximum Gasteiger partial charge on any atom is 0.341 e. The minimum atomic E-state index is -1.29. The number of ether oxygens (including phenoxy) is 1. The first-order valence-corrected chi connectivity index (χ1v) is 5.45. The summed E-state index contributed by atoms with van der Waals surface area (Å²) < 4.78 is 18.6. The molecule has 3 N–H and O–H groups in total. The van der Waals surface area contributed by atoms with Gasteiger partial charge < -0.3 is 15.6 Å². The summed E-state index contributed by atoms with van der Waals surface area (Å²) in [6.07, 6.45) is 1.57.